The second-order valence-electron chi connectivity index (χ2n) is 5.19. The highest BCUT2D eigenvalue weighted by molar-refractivity contribution is 5.55. The summed E-state index contributed by atoms with van der Waals surface area (Å²) in [6.07, 6.45) is 6.46. The summed E-state index contributed by atoms with van der Waals surface area (Å²) in [6, 6.07) is 5.66. The van der Waals surface area contributed by atoms with Crippen LogP contribution >= 0.6 is 0 Å². The first kappa shape index (κ1) is 20.1. The normalized spacial score (nSPS) is 12.1. The van der Waals surface area contributed by atoms with E-state index in [0.29, 0.717) is 24.7 Å². The highest BCUT2D eigenvalue weighted by Crippen LogP contribution is 2.28. The van der Waals surface area contributed by atoms with Crippen LogP contribution in [0, 0.1) is 0 Å². The molecule has 0 aliphatic carbocycles. The molecule has 134 valence electrons. The standard InChI is InChI=1S/C19H28O5/c1-4-8-16-9-10-18(19(13-16)21-3)24-15-17(20)14-23-12-7-6-11-22-5-2/h4-5,8-10,13,17,20H,2,6-7,11-12,14-15H2,1,3H3/b8-4+. The molecule has 0 saturated carbocycles. The van der Waals surface area contributed by atoms with Crippen LogP contribution in [0.2, 0.25) is 0 Å². The van der Waals surface area contributed by atoms with Gasteiger partial charge in [0, 0.05) is 6.61 Å². The minimum Gasteiger partial charge on any atom is -0.502 e. The van der Waals surface area contributed by atoms with Gasteiger partial charge in [-0.15, -0.1) is 0 Å². The molecule has 0 bridgehead atoms. The summed E-state index contributed by atoms with van der Waals surface area (Å²) in [6.45, 7) is 7.05. The van der Waals surface area contributed by atoms with Gasteiger partial charge in [-0.05, 0) is 37.5 Å². The molecular formula is C19H28O5. The predicted octanol–water partition coefficient (Wildman–Crippen LogP) is 3.42. The lowest BCUT2D eigenvalue weighted by Crippen LogP contribution is -2.23. The van der Waals surface area contributed by atoms with Gasteiger partial charge in [-0.25, -0.2) is 0 Å². The topological polar surface area (TPSA) is 57.2 Å². The Morgan fingerprint density at radius 3 is 2.67 bits per heavy atom. The van der Waals surface area contributed by atoms with E-state index in [1.165, 1.54) is 6.26 Å². The highest BCUT2D eigenvalue weighted by atomic mass is 16.5. The predicted molar refractivity (Wildman–Crippen MR) is 95.4 cm³/mol. The minimum absolute atomic E-state index is 0.152. The maximum Gasteiger partial charge on any atom is 0.161 e. The Morgan fingerprint density at radius 1 is 1.17 bits per heavy atom. The first-order valence-electron chi connectivity index (χ1n) is 8.13. The summed E-state index contributed by atoms with van der Waals surface area (Å²) in [5.74, 6) is 1.24. The largest absolute Gasteiger partial charge is 0.502 e. The van der Waals surface area contributed by atoms with Gasteiger partial charge in [0.2, 0.25) is 0 Å². The van der Waals surface area contributed by atoms with Crippen molar-refractivity contribution >= 4 is 6.08 Å². The van der Waals surface area contributed by atoms with Gasteiger partial charge in [0.15, 0.2) is 11.5 Å². The number of hydrogen-bond donors (Lipinski definition) is 1. The molecule has 0 radical (unpaired) electrons. The van der Waals surface area contributed by atoms with Crippen LogP contribution in [0.3, 0.4) is 0 Å². The van der Waals surface area contributed by atoms with Gasteiger partial charge in [0.25, 0.3) is 0 Å². The van der Waals surface area contributed by atoms with Gasteiger partial charge in [0.05, 0.1) is 26.6 Å². The van der Waals surface area contributed by atoms with E-state index < -0.39 is 6.10 Å². The highest BCUT2D eigenvalue weighted by Gasteiger charge is 2.09. The van der Waals surface area contributed by atoms with Crippen molar-refractivity contribution in [3.63, 3.8) is 0 Å². The second kappa shape index (κ2) is 12.4. The van der Waals surface area contributed by atoms with Crippen LogP contribution in [-0.2, 0) is 9.47 Å². The van der Waals surface area contributed by atoms with Crippen LogP contribution in [0.15, 0.2) is 37.1 Å². The van der Waals surface area contributed by atoms with Gasteiger partial charge in [0.1, 0.15) is 12.7 Å². The molecule has 1 N–H and O–H groups in total. The fourth-order valence-electron chi connectivity index (χ4n) is 2.03. The zero-order chi connectivity index (χ0) is 17.6. The smallest absolute Gasteiger partial charge is 0.161 e. The van der Waals surface area contributed by atoms with Crippen molar-refractivity contribution in [1.29, 1.82) is 0 Å². The van der Waals surface area contributed by atoms with E-state index in [4.69, 9.17) is 18.9 Å². The van der Waals surface area contributed by atoms with Gasteiger partial charge in [-0.2, -0.15) is 0 Å². The van der Waals surface area contributed by atoms with Crippen LogP contribution in [0.5, 0.6) is 11.5 Å². The summed E-state index contributed by atoms with van der Waals surface area (Å²) >= 11 is 0. The molecule has 0 saturated heterocycles. The van der Waals surface area contributed by atoms with E-state index in [1.54, 1.807) is 7.11 Å². The van der Waals surface area contributed by atoms with E-state index in [9.17, 15) is 5.11 Å². The third-order valence-corrected chi connectivity index (χ3v) is 3.21. The lowest BCUT2D eigenvalue weighted by Gasteiger charge is -2.15. The van der Waals surface area contributed by atoms with Gasteiger partial charge in [-0.1, -0.05) is 24.8 Å². The van der Waals surface area contributed by atoms with Crippen molar-refractivity contribution < 1.29 is 24.1 Å². The molecule has 0 fully saturated rings. The fraction of sp³-hybridized carbons (Fsp3) is 0.474. The molecule has 5 heteroatoms. The quantitative estimate of drug-likeness (QED) is 0.442. The van der Waals surface area contributed by atoms with E-state index >= 15 is 0 Å². The zero-order valence-electron chi connectivity index (χ0n) is 14.6. The first-order valence-corrected chi connectivity index (χ1v) is 8.13. The fourth-order valence-corrected chi connectivity index (χ4v) is 2.03. The van der Waals surface area contributed by atoms with Crippen LogP contribution in [0.1, 0.15) is 25.3 Å². The molecule has 1 rings (SSSR count). The molecule has 5 nitrogen and oxygen atoms in total. The number of aliphatic hydroxyl groups excluding tert-OH is 1. The number of unbranched alkanes of at least 4 members (excludes halogenated alkanes) is 1. The summed E-state index contributed by atoms with van der Waals surface area (Å²) < 4.78 is 21.4. The number of rotatable bonds is 13. The molecule has 0 aliphatic heterocycles. The minimum atomic E-state index is -0.686. The lowest BCUT2D eigenvalue weighted by atomic mass is 10.2. The van der Waals surface area contributed by atoms with Crippen molar-refractivity contribution in [3.05, 3.63) is 42.7 Å². The third-order valence-electron chi connectivity index (χ3n) is 3.21. The van der Waals surface area contributed by atoms with Crippen LogP contribution in [0.25, 0.3) is 6.08 Å². The Balaban J connectivity index is 2.28. The lowest BCUT2D eigenvalue weighted by molar-refractivity contribution is 0.00976. The first-order chi connectivity index (χ1) is 11.7. The monoisotopic (exact) mass is 336 g/mol. The van der Waals surface area contributed by atoms with E-state index in [-0.39, 0.29) is 13.2 Å². The maximum absolute atomic E-state index is 9.91. The number of hydrogen-bond acceptors (Lipinski definition) is 5. The number of ether oxygens (including phenoxy) is 4. The van der Waals surface area contributed by atoms with Gasteiger partial charge in [-0.3, -0.25) is 0 Å². The Kier molecular flexibility index (Phi) is 10.4. The number of methoxy groups -OCH3 is 1. The van der Waals surface area contributed by atoms with Crippen molar-refractivity contribution in [2.45, 2.75) is 25.9 Å². The van der Waals surface area contributed by atoms with Crippen LogP contribution < -0.4 is 9.47 Å². The molecule has 0 aromatic heterocycles. The zero-order valence-corrected chi connectivity index (χ0v) is 14.6. The Morgan fingerprint density at radius 2 is 1.96 bits per heavy atom. The SMILES string of the molecule is C=COCCCCOCC(O)COc1ccc(/C=C/C)cc1OC. The molecule has 0 aliphatic rings. The summed E-state index contributed by atoms with van der Waals surface area (Å²) in [5, 5.41) is 9.91. The molecule has 0 spiro atoms. The number of allylic oxidation sites excluding steroid dienone is 1. The molecule has 24 heavy (non-hydrogen) atoms. The summed E-state index contributed by atoms with van der Waals surface area (Å²) in [7, 11) is 1.59. The molecule has 1 aromatic carbocycles. The summed E-state index contributed by atoms with van der Waals surface area (Å²) in [5.41, 5.74) is 1.03. The number of aliphatic hydroxyl groups is 1. The van der Waals surface area contributed by atoms with Crippen LogP contribution in [-0.4, -0.2) is 44.7 Å². The molecule has 1 aromatic rings. The second-order valence-corrected chi connectivity index (χ2v) is 5.19. The van der Waals surface area contributed by atoms with Crippen LogP contribution in [0.4, 0.5) is 0 Å². The van der Waals surface area contributed by atoms with Crippen molar-refractivity contribution in [2.24, 2.45) is 0 Å². The number of benzene rings is 1. The van der Waals surface area contributed by atoms with E-state index in [1.807, 2.05) is 37.3 Å². The molecule has 1 unspecified atom stereocenters. The Labute approximate surface area is 144 Å². The van der Waals surface area contributed by atoms with Gasteiger partial charge < -0.3 is 24.1 Å². The van der Waals surface area contributed by atoms with Gasteiger partial charge >= 0.3 is 0 Å². The van der Waals surface area contributed by atoms with E-state index in [2.05, 4.69) is 6.58 Å². The average Bonchev–Trinajstić information content (AvgIpc) is 2.60. The molecule has 0 amide bonds. The molecule has 0 heterocycles. The van der Waals surface area contributed by atoms with Crippen molar-refractivity contribution in [1.82, 2.24) is 0 Å². The van der Waals surface area contributed by atoms with Crippen molar-refractivity contribution in [2.75, 3.05) is 33.5 Å². The molecule has 1 atom stereocenters. The van der Waals surface area contributed by atoms with E-state index in [0.717, 1.165) is 18.4 Å². The Hall–Kier alpha value is -1.98. The molecular weight excluding hydrogens is 308 g/mol. The maximum atomic E-state index is 9.91. The average molecular weight is 336 g/mol. The summed E-state index contributed by atoms with van der Waals surface area (Å²) in [4.78, 5) is 0. The van der Waals surface area contributed by atoms with Crippen molar-refractivity contribution in [3.8, 4) is 11.5 Å². The third kappa shape index (κ3) is 8.04. The Bertz CT molecular complexity index is 499.